The van der Waals surface area contributed by atoms with Gasteiger partial charge in [0, 0.05) is 17.0 Å². The molecule has 2 N–H and O–H groups in total. The number of carbonyl (C=O) groups is 2. The molecular weight excluding hydrogens is 266 g/mol. The molecule has 0 aliphatic carbocycles. The van der Waals surface area contributed by atoms with Gasteiger partial charge in [0.05, 0.1) is 11.6 Å². The Bertz CT molecular complexity index is 656. The molecule has 0 bridgehead atoms. The van der Waals surface area contributed by atoms with Gasteiger partial charge in [-0.1, -0.05) is 25.1 Å². The number of nitrogens with one attached hydrogen (secondary N) is 2. The third kappa shape index (κ3) is 2.61. The molecule has 0 radical (unpaired) electrons. The van der Waals surface area contributed by atoms with Gasteiger partial charge in [0.2, 0.25) is 5.78 Å². The van der Waals surface area contributed by atoms with Crippen LogP contribution in [0.3, 0.4) is 0 Å². The van der Waals surface area contributed by atoms with Gasteiger partial charge >= 0.3 is 0 Å². The second-order valence-corrected chi connectivity index (χ2v) is 5.76. The van der Waals surface area contributed by atoms with Crippen molar-refractivity contribution in [2.24, 2.45) is 5.92 Å². The zero-order valence-corrected chi connectivity index (χ0v) is 12.0. The number of carbonyl (C=O) groups excluding carboxylic acids is 2. The Kier molecular flexibility index (Phi) is 3.84. The zero-order valence-electron chi connectivity index (χ0n) is 12.0. The second kappa shape index (κ2) is 5.77. The van der Waals surface area contributed by atoms with Crippen molar-refractivity contribution in [3.05, 3.63) is 30.0 Å². The lowest BCUT2D eigenvalue weighted by Crippen LogP contribution is -2.45. The summed E-state index contributed by atoms with van der Waals surface area (Å²) >= 11 is 0. The number of H-pyrrole nitrogens is 1. The number of Topliss-reactive ketones (excluding diaryl/α,β-unsaturated/α-hetero) is 1. The molecule has 1 aliphatic rings. The zero-order chi connectivity index (χ0) is 14.8. The maximum absolute atomic E-state index is 11.4. The third-order valence-electron chi connectivity index (χ3n) is 4.57. The summed E-state index contributed by atoms with van der Waals surface area (Å²) in [4.78, 5) is 22.0. The molecular formula is C16H19N3O2. The van der Waals surface area contributed by atoms with Crippen molar-refractivity contribution in [1.82, 2.24) is 15.5 Å². The fourth-order valence-corrected chi connectivity index (χ4v) is 3.19. The summed E-state index contributed by atoms with van der Waals surface area (Å²) in [5.74, 6) is 0.426. The average molecular weight is 285 g/mol. The van der Waals surface area contributed by atoms with Crippen LogP contribution in [0.25, 0.3) is 10.9 Å². The number of para-hydroxylation sites is 1. The summed E-state index contributed by atoms with van der Waals surface area (Å²) in [6.45, 7) is 2.94. The molecule has 1 saturated heterocycles. The highest BCUT2D eigenvalue weighted by Gasteiger charge is 2.30. The summed E-state index contributed by atoms with van der Waals surface area (Å²) in [5, 5.41) is 11.9. The van der Waals surface area contributed by atoms with Crippen LogP contribution >= 0.6 is 0 Å². The van der Waals surface area contributed by atoms with E-state index in [4.69, 9.17) is 0 Å². The van der Waals surface area contributed by atoms with Crippen molar-refractivity contribution in [1.29, 1.82) is 0 Å². The van der Waals surface area contributed by atoms with Crippen LogP contribution in [0, 0.1) is 5.92 Å². The molecule has 1 aliphatic heterocycles. The van der Waals surface area contributed by atoms with Crippen LogP contribution in [0.5, 0.6) is 0 Å². The van der Waals surface area contributed by atoms with Gasteiger partial charge in [-0.25, -0.2) is 0 Å². The summed E-state index contributed by atoms with van der Waals surface area (Å²) in [6, 6.07) is 7.78. The molecule has 5 heteroatoms. The molecule has 2 heterocycles. The molecule has 0 amide bonds. The first-order chi connectivity index (χ1) is 10.2. The minimum Gasteiger partial charge on any atom is -0.307 e. The Balaban J connectivity index is 1.73. The van der Waals surface area contributed by atoms with E-state index in [9.17, 15) is 9.59 Å². The topological polar surface area (TPSA) is 74.8 Å². The molecule has 1 fully saturated rings. The van der Waals surface area contributed by atoms with Crippen LogP contribution in [0.1, 0.15) is 31.4 Å². The SMILES string of the molecule is CC(c1[nH]nc2ccccc12)C1CCC(C(=O)C=O)NC1. The van der Waals surface area contributed by atoms with Crippen LogP contribution in [-0.4, -0.2) is 34.9 Å². The molecule has 3 atom stereocenters. The van der Waals surface area contributed by atoms with Gasteiger partial charge in [-0.05, 0) is 31.4 Å². The summed E-state index contributed by atoms with van der Waals surface area (Å²) < 4.78 is 0. The standard InChI is InChI=1S/C16H19N3O2/c1-10(11-6-7-14(17-8-11)15(21)9-20)16-12-4-2-3-5-13(12)18-19-16/h2-5,9-11,14,17H,6-8H2,1H3,(H,18,19). The van der Waals surface area contributed by atoms with Gasteiger partial charge < -0.3 is 5.32 Å². The highest BCUT2D eigenvalue weighted by Crippen LogP contribution is 2.32. The predicted molar refractivity (Wildman–Crippen MR) is 80.1 cm³/mol. The molecule has 21 heavy (non-hydrogen) atoms. The van der Waals surface area contributed by atoms with Gasteiger partial charge in [-0.15, -0.1) is 0 Å². The number of piperidine rings is 1. The number of benzene rings is 1. The van der Waals surface area contributed by atoms with E-state index in [2.05, 4.69) is 28.5 Å². The van der Waals surface area contributed by atoms with E-state index in [1.165, 1.54) is 0 Å². The molecule has 5 nitrogen and oxygen atoms in total. The first-order valence-electron chi connectivity index (χ1n) is 7.36. The Morgan fingerprint density at radius 3 is 2.90 bits per heavy atom. The van der Waals surface area contributed by atoms with Gasteiger partial charge in [-0.3, -0.25) is 14.7 Å². The van der Waals surface area contributed by atoms with E-state index >= 15 is 0 Å². The number of aromatic nitrogens is 2. The summed E-state index contributed by atoms with van der Waals surface area (Å²) in [6.07, 6.45) is 2.08. The lowest BCUT2D eigenvalue weighted by molar-refractivity contribution is -0.131. The lowest BCUT2D eigenvalue weighted by atomic mass is 9.82. The van der Waals surface area contributed by atoms with Gasteiger partial charge in [-0.2, -0.15) is 5.10 Å². The van der Waals surface area contributed by atoms with Crippen LogP contribution < -0.4 is 5.32 Å². The fourth-order valence-electron chi connectivity index (χ4n) is 3.19. The maximum Gasteiger partial charge on any atom is 0.211 e. The van der Waals surface area contributed by atoms with E-state index in [0.29, 0.717) is 18.1 Å². The summed E-state index contributed by atoms with van der Waals surface area (Å²) in [7, 11) is 0. The first-order valence-corrected chi connectivity index (χ1v) is 7.36. The highest BCUT2D eigenvalue weighted by atomic mass is 16.2. The average Bonchev–Trinajstić information content (AvgIpc) is 2.97. The smallest absolute Gasteiger partial charge is 0.211 e. The monoisotopic (exact) mass is 285 g/mol. The van der Waals surface area contributed by atoms with Crippen molar-refractivity contribution in [3.8, 4) is 0 Å². The molecule has 1 aromatic carbocycles. The van der Waals surface area contributed by atoms with E-state index in [1.807, 2.05) is 18.2 Å². The Labute approximate surface area is 123 Å². The Morgan fingerprint density at radius 1 is 1.38 bits per heavy atom. The molecule has 3 rings (SSSR count). The molecule has 1 aromatic heterocycles. The van der Waals surface area contributed by atoms with E-state index in [-0.39, 0.29) is 11.8 Å². The number of nitrogens with zero attached hydrogens (tertiary/aromatic N) is 1. The number of aromatic amines is 1. The van der Waals surface area contributed by atoms with Gasteiger partial charge in [0.1, 0.15) is 0 Å². The lowest BCUT2D eigenvalue weighted by Gasteiger charge is -2.31. The Morgan fingerprint density at radius 2 is 2.19 bits per heavy atom. The van der Waals surface area contributed by atoms with E-state index in [0.717, 1.165) is 36.0 Å². The number of hydrogen-bond donors (Lipinski definition) is 2. The third-order valence-corrected chi connectivity index (χ3v) is 4.57. The largest absolute Gasteiger partial charge is 0.307 e. The van der Waals surface area contributed by atoms with Crippen molar-refractivity contribution < 1.29 is 9.59 Å². The highest BCUT2D eigenvalue weighted by molar-refractivity contribution is 6.27. The fraction of sp³-hybridized carbons (Fsp3) is 0.438. The van der Waals surface area contributed by atoms with E-state index in [1.54, 1.807) is 0 Å². The quantitative estimate of drug-likeness (QED) is 0.663. The Hall–Kier alpha value is -2.01. The molecule has 110 valence electrons. The minimum absolute atomic E-state index is 0.301. The number of rotatable bonds is 4. The number of fused-ring (bicyclic) bond motifs is 1. The van der Waals surface area contributed by atoms with Crippen LogP contribution in [0.15, 0.2) is 24.3 Å². The normalized spacial score (nSPS) is 23.9. The van der Waals surface area contributed by atoms with E-state index < -0.39 is 0 Å². The second-order valence-electron chi connectivity index (χ2n) is 5.76. The number of aldehydes is 1. The van der Waals surface area contributed by atoms with Crippen LogP contribution in [0.2, 0.25) is 0 Å². The van der Waals surface area contributed by atoms with Crippen molar-refractivity contribution >= 4 is 23.0 Å². The van der Waals surface area contributed by atoms with Crippen molar-refractivity contribution in [3.63, 3.8) is 0 Å². The molecule has 0 spiro atoms. The maximum atomic E-state index is 11.4. The van der Waals surface area contributed by atoms with Gasteiger partial charge in [0.15, 0.2) is 6.29 Å². The number of hydrogen-bond acceptors (Lipinski definition) is 4. The van der Waals surface area contributed by atoms with Crippen LogP contribution in [-0.2, 0) is 9.59 Å². The van der Waals surface area contributed by atoms with Gasteiger partial charge in [0.25, 0.3) is 0 Å². The number of ketones is 1. The minimum atomic E-state index is -0.340. The summed E-state index contributed by atoms with van der Waals surface area (Å²) in [5.41, 5.74) is 2.13. The van der Waals surface area contributed by atoms with Crippen molar-refractivity contribution in [2.75, 3.05) is 6.54 Å². The first kappa shape index (κ1) is 13.9. The molecule has 2 aromatic rings. The molecule has 0 saturated carbocycles. The predicted octanol–water partition coefficient (Wildman–Crippen LogP) is 1.80. The molecule has 3 unspecified atom stereocenters. The van der Waals surface area contributed by atoms with Crippen LogP contribution in [0.4, 0.5) is 0 Å². The van der Waals surface area contributed by atoms with Crippen molar-refractivity contribution in [2.45, 2.75) is 31.7 Å².